The van der Waals surface area contributed by atoms with Gasteiger partial charge in [0.2, 0.25) is 0 Å². The monoisotopic (exact) mass is 556 g/mol. The zero-order valence-electron chi connectivity index (χ0n) is 14.1. The van der Waals surface area contributed by atoms with Crippen molar-refractivity contribution < 1.29 is 31.1 Å². The normalized spacial score (nSPS) is 20.4. The number of thioether (sulfide) groups is 1. The van der Waals surface area contributed by atoms with Gasteiger partial charge in [-0.05, 0) is 62.6 Å². The first kappa shape index (κ1) is 20.8. The molecule has 0 aromatic heterocycles. The molecule has 23 heavy (non-hydrogen) atoms. The van der Waals surface area contributed by atoms with Crippen molar-refractivity contribution in [1.29, 1.82) is 0 Å². The van der Waals surface area contributed by atoms with Crippen LogP contribution in [0.3, 0.4) is 0 Å². The standard InChI is InChI=1S/C18H26N2OS.U/c1-3-20(4-2)16-8-6-5-7-9-18(14-16)22-17-12-10-15(19-21)11-13-17;/h10-14,18H,3-9H2,1-2H3;/b16-14+;. The quantitative estimate of drug-likeness (QED) is 0.420. The van der Waals surface area contributed by atoms with Crippen LogP contribution in [0.5, 0.6) is 0 Å². The molecule has 1 atom stereocenters. The molecule has 1 aromatic carbocycles. The minimum Gasteiger partial charge on any atom is -0.376 e. The largest absolute Gasteiger partial charge is 0.376 e. The molecule has 0 heterocycles. The van der Waals surface area contributed by atoms with Gasteiger partial charge in [-0.1, -0.05) is 18.9 Å². The van der Waals surface area contributed by atoms with E-state index in [2.05, 4.69) is 30.0 Å². The molecule has 1 unspecified atom stereocenters. The van der Waals surface area contributed by atoms with Crippen LogP contribution >= 0.6 is 11.8 Å². The Morgan fingerprint density at radius 3 is 2.43 bits per heavy atom. The molecule has 2 rings (SSSR count). The van der Waals surface area contributed by atoms with E-state index in [1.807, 2.05) is 23.9 Å². The van der Waals surface area contributed by atoms with Gasteiger partial charge in [-0.2, -0.15) is 0 Å². The first-order chi connectivity index (χ1) is 10.8. The van der Waals surface area contributed by atoms with Crippen molar-refractivity contribution in [3.8, 4) is 0 Å². The number of nitrogens with zero attached hydrogens (tertiary/aromatic N) is 2. The zero-order valence-corrected chi connectivity index (χ0v) is 19.1. The maximum Gasteiger partial charge on any atom is 0.108 e. The first-order valence-electron chi connectivity index (χ1n) is 8.32. The molecule has 0 bridgehead atoms. The number of hydrogen-bond donors (Lipinski definition) is 0. The molecule has 0 radical (unpaired) electrons. The Kier molecular flexibility index (Phi) is 10.3. The van der Waals surface area contributed by atoms with E-state index in [1.54, 1.807) is 12.1 Å². The molecule has 1 aliphatic rings. The van der Waals surface area contributed by atoms with Crippen molar-refractivity contribution in [1.82, 2.24) is 4.90 Å². The summed E-state index contributed by atoms with van der Waals surface area (Å²) in [5.74, 6) is 0. The second-order valence-electron chi connectivity index (χ2n) is 5.67. The summed E-state index contributed by atoms with van der Waals surface area (Å²) in [7, 11) is 0. The van der Waals surface area contributed by atoms with E-state index in [1.165, 1.54) is 42.7 Å². The predicted molar refractivity (Wildman–Crippen MR) is 95.6 cm³/mol. The fraction of sp³-hybridized carbons (Fsp3) is 0.556. The van der Waals surface area contributed by atoms with E-state index in [0.29, 0.717) is 10.9 Å². The molecule has 0 saturated heterocycles. The van der Waals surface area contributed by atoms with Crippen LogP contribution < -0.4 is 0 Å². The van der Waals surface area contributed by atoms with Crippen LogP contribution in [0.4, 0.5) is 5.69 Å². The van der Waals surface area contributed by atoms with E-state index < -0.39 is 0 Å². The third-order valence-electron chi connectivity index (χ3n) is 4.20. The minimum absolute atomic E-state index is 0. The molecule has 0 amide bonds. The van der Waals surface area contributed by atoms with Gasteiger partial charge >= 0.3 is 0 Å². The Hall–Kier alpha value is -0.238. The SMILES string of the molecule is CCN(CC)/C1=C/C(Sc2ccc(N=O)cc2)CCCCC1.[U]. The molecular weight excluding hydrogens is 530 g/mol. The van der Waals surface area contributed by atoms with Crippen LogP contribution in [-0.2, 0) is 0 Å². The number of rotatable bonds is 6. The fourth-order valence-electron chi connectivity index (χ4n) is 2.96. The maximum absolute atomic E-state index is 10.5. The van der Waals surface area contributed by atoms with Crippen LogP contribution in [0, 0.1) is 36.0 Å². The Morgan fingerprint density at radius 1 is 1.13 bits per heavy atom. The molecule has 0 aliphatic heterocycles. The van der Waals surface area contributed by atoms with Gasteiger partial charge in [-0.3, -0.25) is 0 Å². The summed E-state index contributed by atoms with van der Waals surface area (Å²) in [6.45, 7) is 6.63. The second-order valence-corrected chi connectivity index (χ2v) is 6.98. The molecule has 124 valence electrons. The summed E-state index contributed by atoms with van der Waals surface area (Å²) in [4.78, 5) is 14.2. The number of nitroso groups, excluding NO2 is 1. The van der Waals surface area contributed by atoms with Gasteiger partial charge in [0.1, 0.15) is 5.69 Å². The smallest absolute Gasteiger partial charge is 0.108 e. The summed E-state index contributed by atoms with van der Waals surface area (Å²) < 4.78 is 0. The topological polar surface area (TPSA) is 32.7 Å². The molecule has 0 spiro atoms. The summed E-state index contributed by atoms with van der Waals surface area (Å²) in [5, 5.41) is 3.48. The van der Waals surface area contributed by atoms with E-state index in [4.69, 9.17) is 0 Å². The average Bonchev–Trinajstić information content (AvgIpc) is 2.53. The molecule has 3 nitrogen and oxygen atoms in total. The predicted octanol–water partition coefficient (Wildman–Crippen LogP) is 5.74. The summed E-state index contributed by atoms with van der Waals surface area (Å²) >= 11 is 1.90. The summed E-state index contributed by atoms with van der Waals surface area (Å²) in [6.07, 6.45) is 8.83. The molecule has 0 N–H and O–H groups in total. The van der Waals surface area contributed by atoms with Crippen LogP contribution in [-0.4, -0.2) is 23.2 Å². The van der Waals surface area contributed by atoms with Crippen LogP contribution in [0.1, 0.15) is 46.0 Å². The van der Waals surface area contributed by atoms with Gasteiger partial charge in [0.05, 0.1) is 0 Å². The van der Waals surface area contributed by atoms with Crippen molar-refractivity contribution in [2.45, 2.75) is 56.1 Å². The van der Waals surface area contributed by atoms with Crippen molar-refractivity contribution in [2.75, 3.05) is 13.1 Å². The first-order valence-corrected chi connectivity index (χ1v) is 9.20. The van der Waals surface area contributed by atoms with Gasteiger partial charge < -0.3 is 4.90 Å². The van der Waals surface area contributed by atoms with Gasteiger partial charge in [0, 0.05) is 60.0 Å². The van der Waals surface area contributed by atoms with E-state index >= 15 is 0 Å². The third kappa shape index (κ3) is 6.65. The van der Waals surface area contributed by atoms with Crippen molar-refractivity contribution in [3.05, 3.63) is 40.9 Å². The third-order valence-corrected chi connectivity index (χ3v) is 5.42. The molecule has 1 aromatic rings. The average molecular weight is 557 g/mol. The molecule has 1 aliphatic carbocycles. The summed E-state index contributed by atoms with van der Waals surface area (Å²) in [5.41, 5.74) is 2.01. The van der Waals surface area contributed by atoms with Crippen LogP contribution in [0.25, 0.3) is 0 Å². The number of hydrogen-bond acceptors (Lipinski definition) is 4. The molecule has 0 fully saturated rings. The molecule has 5 heteroatoms. The van der Waals surface area contributed by atoms with E-state index in [9.17, 15) is 4.91 Å². The van der Waals surface area contributed by atoms with E-state index in [0.717, 1.165) is 13.1 Å². The molecular formula is C18H26N2OSU. The van der Waals surface area contributed by atoms with Gasteiger partial charge in [-0.15, -0.1) is 16.7 Å². The number of benzene rings is 1. The minimum atomic E-state index is 0. The van der Waals surface area contributed by atoms with Crippen LogP contribution in [0.15, 0.2) is 46.1 Å². The van der Waals surface area contributed by atoms with Crippen molar-refractivity contribution in [3.63, 3.8) is 0 Å². The van der Waals surface area contributed by atoms with Gasteiger partial charge in [-0.25, -0.2) is 0 Å². The molecule has 0 saturated carbocycles. The van der Waals surface area contributed by atoms with Gasteiger partial charge in [0.15, 0.2) is 0 Å². The van der Waals surface area contributed by atoms with Crippen molar-refractivity contribution >= 4 is 17.4 Å². The Bertz CT molecular complexity index is 500. The summed E-state index contributed by atoms with van der Waals surface area (Å²) in [6, 6.07) is 7.61. The Morgan fingerprint density at radius 2 is 1.83 bits per heavy atom. The van der Waals surface area contributed by atoms with E-state index in [-0.39, 0.29) is 31.1 Å². The zero-order chi connectivity index (χ0) is 15.8. The maximum atomic E-state index is 10.5. The van der Waals surface area contributed by atoms with Crippen molar-refractivity contribution in [2.24, 2.45) is 5.18 Å². The Labute approximate surface area is 168 Å². The fourth-order valence-corrected chi connectivity index (χ4v) is 4.11. The second kappa shape index (κ2) is 11.3. The number of allylic oxidation sites excluding steroid dienone is 1. The van der Waals surface area contributed by atoms with Gasteiger partial charge in [0.25, 0.3) is 0 Å². The van der Waals surface area contributed by atoms with Crippen LogP contribution in [0.2, 0.25) is 0 Å². The Balaban J connectivity index is 0.00000264.